The molecule has 0 spiro atoms. The monoisotopic (exact) mass is 368 g/mol. The highest BCUT2D eigenvalue weighted by Crippen LogP contribution is 2.27. The second-order valence-electron chi connectivity index (χ2n) is 6.59. The van der Waals surface area contributed by atoms with Crippen LogP contribution in [0, 0.1) is 11.6 Å². The van der Waals surface area contributed by atoms with Gasteiger partial charge in [0.05, 0.1) is 23.6 Å². The van der Waals surface area contributed by atoms with Crippen molar-refractivity contribution in [3.8, 4) is 0 Å². The van der Waals surface area contributed by atoms with Crippen molar-refractivity contribution in [3.05, 3.63) is 58.8 Å². The van der Waals surface area contributed by atoms with Gasteiger partial charge in [-0.3, -0.25) is 14.5 Å². The Balaban J connectivity index is 1.67. The van der Waals surface area contributed by atoms with Gasteiger partial charge in [-0.1, -0.05) is 19.4 Å². The van der Waals surface area contributed by atoms with Gasteiger partial charge in [-0.05, 0) is 24.1 Å². The molecule has 0 fully saturated rings. The Bertz CT molecular complexity index is 1100. The van der Waals surface area contributed by atoms with E-state index in [9.17, 15) is 13.6 Å². The number of rotatable bonds is 4. The van der Waals surface area contributed by atoms with Gasteiger partial charge >= 0.3 is 0 Å². The van der Waals surface area contributed by atoms with Crippen molar-refractivity contribution >= 4 is 28.2 Å². The van der Waals surface area contributed by atoms with Gasteiger partial charge in [-0.15, -0.1) is 0 Å². The fraction of sp³-hybridized carbons (Fsp3) is 0.250. The summed E-state index contributed by atoms with van der Waals surface area (Å²) in [6.45, 7) is 2.70. The molecule has 0 radical (unpaired) electrons. The quantitative estimate of drug-likeness (QED) is 0.750. The first-order valence-electron chi connectivity index (χ1n) is 8.77. The van der Waals surface area contributed by atoms with E-state index < -0.39 is 23.1 Å². The molecular weight excluding hydrogens is 350 g/mol. The number of nitrogens with zero attached hydrogens (tertiary/aromatic N) is 3. The normalized spacial score (nSPS) is 13.0. The molecule has 0 unspecified atom stereocenters. The molecule has 0 aliphatic carbocycles. The lowest BCUT2D eigenvalue weighted by molar-refractivity contribution is 0.101. The molecule has 0 saturated heterocycles. The number of amides is 1. The number of carbonyl (C=O) groups excluding carboxylic acids is 1. The molecule has 3 aromatic rings. The van der Waals surface area contributed by atoms with Gasteiger partial charge in [0, 0.05) is 30.1 Å². The average molecular weight is 368 g/mol. The summed E-state index contributed by atoms with van der Waals surface area (Å²) in [6.07, 6.45) is 3.10. The van der Waals surface area contributed by atoms with E-state index in [1.807, 2.05) is 12.1 Å². The molecule has 7 heteroatoms. The summed E-state index contributed by atoms with van der Waals surface area (Å²) < 4.78 is 30.5. The molecule has 5 nitrogen and oxygen atoms in total. The molecule has 1 amide bonds. The molecule has 1 aliphatic heterocycles. The lowest BCUT2D eigenvalue weighted by Gasteiger charge is -2.10. The summed E-state index contributed by atoms with van der Waals surface area (Å²) in [5.41, 5.74) is 3.23. The van der Waals surface area contributed by atoms with Gasteiger partial charge in [-0.25, -0.2) is 8.78 Å². The highest BCUT2D eigenvalue weighted by atomic mass is 19.1. The van der Waals surface area contributed by atoms with E-state index >= 15 is 0 Å². The van der Waals surface area contributed by atoms with Crippen LogP contribution in [0.15, 0.2) is 35.5 Å². The van der Waals surface area contributed by atoms with Crippen molar-refractivity contribution in [3.63, 3.8) is 0 Å². The number of nitrogens with one attached hydrogen (secondary N) is 1. The zero-order valence-corrected chi connectivity index (χ0v) is 15.0. The van der Waals surface area contributed by atoms with E-state index in [2.05, 4.69) is 22.3 Å². The van der Waals surface area contributed by atoms with Gasteiger partial charge in [0.15, 0.2) is 0 Å². The van der Waals surface area contributed by atoms with Crippen LogP contribution in [-0.2, 0) is 13.6 Å². The third-order valence-corrected chi connectivity index (χ3v) is 4.78. The fourth-order valence-electron chi connectivity index (χ4n) is 3.40. The fourth-order valence-corrected chi connectivity index (χ4v) is 3.40. The van der Waals surface area contributed by atoms with Gasteiger partial charge in [0.25, 0.3) is 5.91 Å². The smallest absolute Gasteiger partial charge is 0.261 e. The van der Waals surface area contributed by atoms with E-state index in [1.165, 1.54) is 10.9 Å². The maximum atomic E-state index is 14.7. The van der Waals surface area contributed by atoms with Gasteiger partial charge in [0.2, 0.25) is 0 Å². The SMILES string of the molecule is CCCC1=NCc2ccc(NC(=O)c3c(F)cc4c(cnn4C)c3F)cc21. The molecular formula is C20H18F2N4O. The average Bonchev–Trinajstić information content (AvgIpc) is 3.20. The predicted octanol–water partition coefficient (Wildman–Crippen LogP) is 4.21. The summed E-state index contributed by atoms with van der Waals surface area (Å²) in [6, 6.07) is 6.54. The third kappa shape index (κ3) is 2.89. The summed E-state index contributed by atoms with van der Waals surface area (Å²) in [5, 5.41) is 6.62. The van der Waals surface area contributed by atoms with Gasteiger partial charge in [-0.2, -0.15) is 5.10 Å². The van der Waals surface area contributed by atoms with Gasteiger partial charge < -0.3 is 5.32 Å². The molecule has 4 rings (SSSR count). The maximum absolute atomic E-state index is 14.7. The molecule has 2 heterocycles. The zero-order chi connectivity index (χ0) is 19.1. The topological polar surface area (TPSA) is 59.3 Å². The summed E-state index contributed by atoms with van der Waals surface area (Å²) in [4.78, 5) is 17.1. The minimum Gasteiger partial charge on any atom is -0.322 e. The number of carbonyl (C=O) groups is 1. The summed E-state index contributed by atoms with van der Waals surface area (Å²) in [7, 11) is 1.58. The number of benzene rings is 2. The van der Waals surface area contributed by atoms with E-state index in [4.69, 9.17) is 0 Å². The van der Waals surface area contributed by atoms with Crippen LogP contribution < -0.4 is 5.32 Å². The van der Waals surface area contributed by atoms with E-state index in [1.54, 1.807) is 13.1 Å². The molecule has 1 aromatic heterocycles. The van der Waals surface area contributed by atoms with E-state index in [0.29, 0.717) is 17.7 Å². The van der Waals surface area contributed by atoms with Crippen molar-refractivity contribution < 1.29 is 13.6 Å². The number of aliphatic imine (C=N–C) groups is 1. The lowest BCUT2D eigenvalue weighted by Crippen LogP contribution is -2.16. The number of aryl methyl sites for hydroxylation is 1. The van der Waals surface area contributed by atoms with Crippen molar-refractivity contribution in [2.24, 2.45) is 12.0 Å². The van der Waals surface area contributed by atoms with Crippen LogP contribution in [0.25, 0.3) is 10.9 Å². The van der Waals surface area contributed by atoms with Crippen LogP contribution in [0.3, 0.4) is 0 Å². The van der Waals surface area contributed by atoms with Crippen LogP contribution in [-0.4, -0.2) is 21.4 Å². The first-order valence-corrected chi connectivity index (χ1v) is 8.77. The maximum Gasteiger partial charge on any atom is 0.261 e. The molecule has 27 heavy (non-hydrogen) atoms. The first kappa shape index (κ1) is 17.3. The lowest BCUT2D eigenvalue weighted by atomic mass is 10.0. The molecule has 138 valence electrons. The summed E-state index contributed by atoms with van der Waals surface area (Å²) in [5.74, 6) is -2.66. The van der Waals surface area contributed by atoms with Crippen molar-refractivity contribution in [1.82, 2.24) is 9.78 Å². The Hall–Kier alpha value is -3.09. The number of hydrogen-bond donors (Lipinski definition) is 1. The highest BCUT2D eigenvalue weighted by molar-refractivity contribution is 6.08. The number of hydrogen-bond acceptors (Lipinski definition) is 3. The first-order chi connectivity index (χ1) is 13.0. The Morgan fingerprint density at radius 2 is 2.11 bits per heavy atom. The van der Waals surface area contributed by atoms with Crippen LogP contribution >= 0.6 is 0 Å². The van der Waals surface area contributed by atoms with Crippen molar-refractivity contribution in [1.29, 1.82) is 0 Å². The number of fused-ring (bicyclic) bond motifs is 2. The molecule has 1 N–H and O–H groups in total. The third-order valence-electron chi connectivity index (χ3n) is 4.78. The van der Waals surface area contributed by atoms with Crippen molar-refractivity contribution in [2.75, 3.05) is 5.32 Å². The number of anilines is 1. The molecule has 0 bridgehead atoms. The van der Waals surface area contributed by atoms with Crippen LogP contribution in [0.2, 0.25) is 0 Å². The van der Waals surface area contributed by atoms with Crippen molar-refractivity contribution in [2.45, 2.75) is 26.3 Å². The number of halogens is 2. The molecule has 1 aliphatic rings. The van der Waals surface area contributed by atoms with Crippen LogP contribution in [0.4, 0.5) is 14.5 Å². The largest absolute Gasteiger partial charge is 0.322 e. The minimum absolute atomic E-state index is 0.107. The Kier molecular flexibility index (Phi) is 4.22. The second-order valence-corrected chi connectivity index (χ2v) is 6.59. The Morgan fingerprint density at radius 3 is 2.89 bits per heavy atom. The molecule has 0 atom stereocenters. The highest BCUT2D eigenvalue weighted by Gasteiger charge is 2.23. The Labute approximate surface area is 154 Å². The van der Waals surface area contributed by atoms with Crippen LogP contribution in [0.1, 0.15) is 41.3 Å². The number of aromatic nitrogens is 2. The zero-order valence-electron chi connectivity index (χ0n) is 15.0. The predicted molar refractivity (Wildman–Crippen MR) is 100 cm³/mol. The molecule has 0 saturated carbocycles. The van der Waals surface area contributed by atoms with E-state index in [-0.39, 0.29) is 5.39 Å². The van der Waals surface area contributed by atoms with E-state index in [0.717, 1.165) is 35.7 Å². The standard InChI is InChI=1S/C20H18F2N4O/c1-3-4-16-13-7-12(6-5-11(13)9-23-16)25-20(27)18-15(21)8-17-14(19(18)22)10-24-26(17)2/h5-8,10H,3-4,9H2,1-2H3,(H,25,27). The summed E-state index contributed by atoms with van der Waals surface area (Å²) >= 11 is 0. The second kappa shape index (κ2) is 6.57. The molecule has 2 aromatic carbocycles. The minimum atomic E-state index is -0.921. The van der Waals surface area contributed by atoms with Crippen LogP contribution in [0.5, 0.6) is 0 Å². The Morgan fingerprint density at radius 1 is 1.30 bits per heavy atom. The van der Waals surface area contributed by atoms with Gasteiger partial charge in [0.1, 0.15) is 17.2 Å².